The van der Waals surface area contributed by atoms with Crippen LogP contribution in [0, 0.1) is 0 Å². The minimum Gasteiger partial charge on any atom is -0.349 e. The van der Waals surface area contributed by atoms with Crippen LogP contribution in [0.15, 0.2) is 53.5 Å². The first-order valence-corrected chi connectivity index (χ1v) is 8.92. The Kier molecular flexibility index (Phi) is 8.68. The monoisotopic (exact) mass is 314 g/mol. The zero-order valence-corrected chi connectivity index (χ0v) is 15.6. The van der Waals surface area contributed by atoms with Crippen molar-refractivity contribution in [2.75, 3.05) is 0 Å². The maximum Gasteiger partial charge on any atom is 0.0375 e. The fourth-order valence-electron chi connectivity index (χ4n) is 3.31. The fourth-order valence-corrected chi connectivity index (χ4v) is 3.31. The highest BCUT2D eigenvalue weighted by Crippen LogP contribution is 2.27. The van der Waals surface area contributed by atoms with Crippen molar-refractivity contribution in [2.45, 2.75) is 78.7 Å². The Morgan fingerprint density at radius 1 is 1.13 bits per heavy atom. The number of rotatable bonds is 8. The number of aliphatic imine (C=N–C) groups is 1. The second-order valence-electron chi connectivity index (χ2n) is 6.70. The average Bonchev–Trinajstić information content (AvgIpc) is 2.51. The Bertz CT molecular complexity index is 484. The van der Waals surface area contributed by atoms with Gasteiger partial charge < -0.3 is 4.90 Å². The maximum atomic E-state index is 4.60. The van der Waals surface area contributed by atoms with E-state index in [1.165, 1.54) is 43.4 Å². The lowest BCUT2D eigenvalue weighted by Crippen LogP contribution is -2.31. The normalized spacial score (nSPS) is 16.9. The molecule has 128 valence electrons. The highest BCUT2D eigenvalue weighted by Gasteiger charge is 2.20. The van der Waals surface area contributed by atoms with Gasteiger partial charge >= 0.3 is 0 Å². The molecule has 1 aliphatic carbocycles. The first kappa shape index (κ1) is 19.5. The van der Waals surface area contributed by atoms with Crippen molar-refractivity contribution in [3.8, 4) is 0 Å². The summed E-state index contributed by atoms with van der Waals surface area (Å²) < 4.78 is 0. The summed E-state index contributed by atoms with van der Waals surface area (Å²) in [6.07, 6.45) is 14.8. The van der Waals surface area contributed by atoms with Crippen LogP contribution in [0.4, 0.5) is 0 Å². The van der Waals surface area contributed by atoms with Gasteiger partial charge in [-0.05, 0) is 65.7 Å². The van der Waals surface area contributed by atoms with E-state index in [1.54, 1.807) is 0 Å². The molecule has 0 aromatic heterocycles. The van der Waals surface area contributed by atoms with Gasteiger partial charge in [-0.2, -0.15) is 0 Å². The summed E-state index contributed by atoms with van der Waals surface area (Å²) in [5.74, 6) is 0. The number of allylic oxidation sites excluding steroid dienone is 5. The highest BCUT2D eigenvalue weighted by atomic mass is 15.1. The van der Waals surface area contributed by atoms with Gasteiger partial charge in [0.25, 0.3) is 0 Å². The molecular weight excluding hydrogens is 280 g/mol. The summed E-state index contributed by atoms with van der Waals surface area (Å²) >= 11 is 0. The molecule has 0 spiro atoms. The molecule has 1 aliphatic rings. The standard InChI is InChI=1S/C21H34N2/c1-7-20(23(8-2)21-12-10-9-11-13-21)15-14-18(5)22-19(6)16-17(3)4/h7-8,16,21H,2,5,9-15H2,1,3-4,6H3/b20-7-,22-19?. The van der Waals surface area contributed by atoms with E-state index in [0.29, 0.717) is 6.04 Å². The Hall–Kier alpha value is -1.57. The molecule has 23 heavy (non-hydrogen) atoms. The van der Waals surface area contributed by atoms with Crippen LogP contribution in [-0.2, 0) is 0 Å². The van der Waals surface area contributed by atoms with Gasteiger partial charge in [0.1, 0.15) is 0 Å². The number of hydrogen-bond acceptors (Lipinski definition) is 2. The largest absolute Gasteiger partial charge is 0.349 e. The van der Waals surface area contributed by atoms with Crippen LogP contribution < -0.4 is 0 Å². The molecule has 0 aromatic carbocycles. The van der Waals surface area contributed by atoms with Crippen molar-refractivity contribution >= 4 is 5.71 Å². The van der Waals surface area contributed by atoms with Gasteiger partial charge in [-0.3, -0.25) is 4.99 Å². The first-order chi connectivity index (χ1) is 11.0. The summed E-state index contributed by atoms with van der Waals surface area (Å²) in [7, 11) is 0. The van der Waals surface area contributed by atoms with Crippen LogP contribution in [0.5, 0.6) is 0 Å². The Morgan fingerprint density at radius 2 is 1.78 bits per heavy atom. The molecule has 0 amide bonds. The zero-order valence-electron chi connectivity index (χ0n) is 15.6. The van der Waals surface area contributed by atoms with Gasteiger partial charge in [-0.25, -0.2) is 0 Å². The smallest absolute Gasteiger partial charge is 0.0375 e. The number of nitrogens with zero attached hydrogens (tertiary/aromatic N) is 2. The molecule has 1 fully saturated rings. The Labute approximate surface area is 143 Å². The maximum absolute atomic E-state index is 4.60. The van der Waals surface area contributed by atoms with Crippen LogP contribution >= 0.6 is 0 Å². The molecule has 1 saturated carbocycles. The van der Waals surface area contributed by atoms with Gasteiger partial charge in [0.05, 0.1) is 0 Å². The van der Waals surface area contributed by atoms with Crippen LogP contribution in [0.2, 0.25) is 0 Å². The van der Waals surface area contributed by atoms with Crippen LogP contribution in [0.1, 0.15) is 72.6 Å². The van der Waals surface area contributed by atoms with Gasteiger partial charge in [-0.1, -0.05) is 44.1 Å². The van der Waals surface area contributed by atoms with Crippen LogP contribution in [0.3, 0.4) is 0 Å². The molecule has 0 aromatic rings. The second kappa shape index (κ2) is 10.3. The molecule has 2 nitrogen and oxygen atoms in total. The molecular formula is C21H34N2. The van der Waals surface area contributed by atoms with E-state index in [9.17, 15) is 0 Å². The molecule has 0 heterocycles. The molecule has 0 radical (unpaired) electrons. The van der Waals surface area contributed by atoms with E-state index in [4.69, 9.17) is 0 Å². The van der Waals surface area contributed by atoms with Crippen molar-refractivity contribution < 1.29 is 0 Å². The van der Waals surface area contributed by atoms with E-state index < -0.39 is 0 Å². The van der Waals surface area contributed by atoms with Gasteiger partial charge in [0.15, 0.2) is 0 Å². The van der Waals surface area contributed by atoms with Gasteiger partial charge in [-0.15, -0.1) is 0 Å². The van der Waals surface area contributed by atoms with Crippen molar-refractivity contribution in [3.63, 3.8) is 0 Å². The predicted octanol–water partition coefficient (Wildman–Crippen LogP) is 6.39. The molecule has 0 N–H and O–H groups in total. The van der Waals surface area contributed by atoms with E-state index in [0.717, 1.165) is 24.3 Å². The minimum atomic E-state index is 0.622. The van der Waals surface area contributed by atoms with Crippen molar-refractivity contribution in [1.82, 2.24) is 4.90 Å². The molecule has 0 bridgehead atoms. The third-order valence-corrected chi connectivity index (χ3v) is 4.33. The quantitative estimate of drug-likeness (QED) is 0.474. The average molecular weight is 315 g/mol. The van der Waals surface area contributed by atoms with E-state index >= 15 is 0 Å². The van der Waals surface area contributed by atoms with E-state index in [1.807, 2.05) is 13.1 Å². The lowest BCUT2D eigenvalue weighted by Gasteiger charge is -2.35. The molecule has 1 rings (SSSR count). The summed E-state index contributed by atoms with van der Waals surface area (Å²) in [5, 5.41) is 0. The predicted molar refractivity (Wildman–Crippen MR) is 104 cm³/mol. The molecule has 2 heteroatoms. The van der Waals surface area contributed by atoms with Gasteiger partial charge in [0.2, 0.25) is 0 Å². The third kappa shape index (κ3) is 7.02. The Morgan fingerprint density at radius 3 is 2.30 bits per heavy atom. The first-order valence-electron chi connectivity index (χ1n) is 8.92. The lowest BCUT2D eigenvalue weighted by atomic mass is 9.93. The summed E-state index contributed by atoms with van der Waals surface area (Å²) in [4.78, 5) is 6.98. The Balaban J connectivity index is 2.63. The molecule has 0 atom stereocenters. The highest BCUT2D eigenvalue weighted by molar-refractivity contribution is 5.93. The summed E-state index contributed by atoms with van der Waals surface area (Å²) in [5.41, 5.74) is 4.60. The van der Waals surface area contributed by atoms with Crippen molar-refractivity contribution in [2.24, 2.45) is 4.99 Å². The molecule has 0 saturated heterocycles. The molecule has 0 unspecified atom stereocenters. The van der Waals surface area contributed by atoms with E-state index in [2.05, 4.69) is 56.0 Å². The van der Waals surface area contributed by atoms with E-state index in [-0.39, 0.29) is 0 Å². The topological polar surface area (TPSA) is 15.6 Å². The lowest BCUT2D eigenvalue weighted by molar-refractivity contribution is 0.254. The zero-order chi connectivity index (χ0) is 17.2. The van der Waals surface area contributed by atoms with Crippen LogP contribution in [0.25, 0.3) is 0 Å². The fraction of sp³-hybridized carbons (Fsp3) is 0.571. The third-order valence-electron chi connectivity index (χ3n) is 4.33. The summed E-state index contributed by atoms with van der Waals surface area (Å²) in [6.45, 7) is 16.5. The SMILES string of the molecule is C=CN(/C(=C\C)CCC(=C)N=C(C)C=C(C)C)C1CCCCC1. The number of hydrogen-bond donors (Lipinski definition) is 0. The van der Waals surface area contributed by atoms with Crippen molar-refractivity contribution in [1.29, 1.82) is 0 Å². The minimum absolute atomic E-state index is 0.622. The van der Waals surface area contributed by atoms with Crippen molar-refractivity contribution in [3.05, 3.63) is 48.5 Å². The molecule has 0 aliphatic heterocycles. The second-order valence-corrected chi connectivity index (χ2v) is 6.70. The van der Waals surface area contributed by atoms with Crippen LogP contribution in [-0.4, -0.2) is 16.7 Å². The van der Waals surface area contributed by atoms with Gasteiger partial charge in [0, 0.05) is 23.1 Å². The summed E-state index contributed by atoms with van der Waals surface area (Å²) in [6, 6.07) is 0.622.